The highest BCUT2D eigenvalue weighted by molar-refractivity contribution is 5.68. The maximum Gasteiger partial charge on any atom is 0.305 e. The lowest BCUT2D eigenvalue weighted by molar-refractivity contribution is -0.140. The van der Waals surface area contributed by atoms with Crippen LogP contribution in [0.1, 0.15) is 135 Å². The molecule has 0 heterocycles. The molecule has 0 aliphatic carbocycles. The van der Waals surface area contributed by atoms with E-state index in [1.54, 1.807) is 0 Å². The highest BCUT2D eigenvalue weighted by Crippen LogP contribution is 2.14. The monoisotopic (exact) mass is 380 g/mol. The van der Waals surface area contributed by atoms with Crippen molar-refractivity contribution >= 4 is 5.97 Å². The van der Waals surface area contributed by atoms with Crippen molar-refractivity contribution < 1.29 is 9.53 Å². The fourth-order valence-corrected chi connectivity index (χ4v) is 3.51. The standard InChI is InChI=1S/C25H48O2/c1-3-4-5-6-7-8-9-10-11-12-13-14-15-16-17-18-19-20-21-22-23-24-25(26)27-2/h20-21H,3-19,22-24H2,1-2H3/b21-20-. The van der Waals surface area contributed by atoms with Crippen LogP contribution in [0.25, 0.3) is 0 Å². The number of rotatable bonds is 21. The van der Waals surface area contributed by atoms with Crippen LogP contribution in [-0.4, -0.2) is 13.1 Å². The van der Waals surface area contributed by atoms with E-state index >= 15 is 0 Å². The fraction of sp³-hybridized carbons (Fsp3) is 0.880. The van der Waals surface area contributed by atoms with Gasteiger partial charge in [0, 0.05) is 6.42 Å². The Balaban J connectivity index is 3.07. The second-order valence-electron chi connectivity index (χ2n) is 8.03. The van der Waals surface area contributed by atoms with Crippen LogP contribution in [0.2, 0.25) is 0 Å². The fourth-order valence-electron chi connectivity index (χ4n) is 3.51. The molecule has 0 spiro atoms. The van der Waals surface area contributed by atoms with Crippen LogP contribution in [0.4, 0.5) is 0 Å². The number of esters is 1. The lowest BCUT2D eigenvalue weighted by Crippen LogP contribution is -1.98. The molecule has 0 atom stereocenters. The van der Waals surface area contributed by atoms with Crippen LogP contribution >= 0.6 is 0 Å². The quantitative estimate of drug-likeness (QED) is 0.113. The molecule has 0 amide bonds. The topological polar surface area (TPSA) is 26.3 Å². The van der Waals surface area contributed by atoms with Gasteiger partial charge in [-0.3, -0.25) is 4.79 Å². The third kappa shape index (κ3) is 23.2. The number of unbranched alkanes of at least 4 members (excludes halogenated alkanes) is 17. The molecule has 2 nitrogen and oxygen atoms in total. The zero-order valence-corrected chi connectivity index (χ0v) is 18.6. The predicted molar refractivity (Wildman–Crippen MR) is 119 cm³/mol. The molecule has 0 radical (unpaired) electrons. The summed E-state index contributed by atoms with van der Waals surface area (Å²) in [6.07, 6.45) is 30.9. The molecule has 27 heavy (non-hydrogen) atoms. The number of carbonyl (C=O) groups excluding carboxylic acids is 1. The van der Waals surface area contributed by atoms with Gasteiger partial charge < -0.3 is 4.74 Å². The van der Waals surface area contributed by atoms with Gasteiger partial charge in [0.05, 0.1) is 7.11 Å². The Labute approximate surface area is 170 Å². The average Bonchev–Trinajstić information content (AvgIpc) is 2.68. The Bertz CT molecular complexity index is 322. The molecule has 0 unspecified atom stereocenters. The minimum Gasteiger partial charge on any atom is -0.469 e. The van der Waals surface area contributed by atoms with Crippen molar-refractivity contribution in [3.8, 4) is 0 Å². The largest absolute Gasteiger partial charge is 0.469 e. The van der Waals surface area contributed by atoms with Gasteiger partial charge in [-0.15, -0.1) is 0 Å². The van der Waals surface area contributed by atoms with E-state index in [9.17, 15) is 4.79 Å². The molecule has 160 valence electrons. The summed E-state index contributed by atoms with van der Waals surface area (Å²) in [6.45, 7) is 2.29. The average molecular weight is 381 g/mol. The van der Waals surface area contributed by atoms with Crippen molar-refractivity contribution in [3.05, 3.63) is 12.2 Å². The van der Waals surface area contributed by atoms with E-state index in [2.05, 4.69) is 23.8 Å². The van der Waals surface area contributed by atoms with Gasteiger partial charge in [-0.25, -0.2) is 0 Å². The molecule has 0 aromatic carbocycles. The first-order valence-electron chi connectivity index (χ1n) is 12.0. The summed E-state index contributed by atoms with van der Waals surface area (Å²) >= 11 is 0. The van der Waals surface area contributed by atoms with Gasteiger partial charge in [-0.05, 0) is 25.7 Å². The molecular formula is C25H48O2. The molecular weight excluding hydrogens is 332 g/mol. The van der Waals surface area contributed by atoms with Gasteiger partial charge in [0.1, 0.15) is 0 Å². The van der Waals surface area contributed by atoms with E-state index in [-0.39, 0.29) is 5.97 Å². The van der Waals surface area contributed by atoms with Crippen molar-refractivity contribution in [3.63, 3.8) is 0 Å². The summed E-state index contributed by atoms with van der Waals surface area (Å²) in [6, 6.07) is 0. The first-order chi connectivity index (χ1) is 13.3. The minimum atomic E-state index is -0.0961. The maximum atomic E-state index is 11.0. The molecule has 0 N–H and O–H groups in total. The number of ether oxygens (including phenoxy) is 1. The molecule has 0 aromatic rings. The van der Waals surface area contributed by atoms with Gasteiger partial charge in [-0.2, -0.15) is 0 Å². The second-order valence-corrected chi connectivity index (χ2v) is 8.03. The summed E-state index contributed by atoms with van der Waals surface area (Å²) in [5, 5.41) is 0. The molecule has 0 saturated heterocycles. The van der Waals surface area contributed by atoms with Gasteiger partial charge in [-0.1, -0.05) is 115 Å². The summed E-state index contributed by atoms with van der Waals surface area (Å²) in [7, 11) is 1.45. The number of hydrogen-bond acceptors (Lipinski definition) is 2. The SMILES string of the molecule is CCCCCCCCCCCCCCCCCC/C=C\CCCC(=O)OC. The third-order valence-corrected chi connectivity index (χ3v) is 5.37. The zero-order chi connectivity index (χ0) is 19.8. The summed E-state index contributed by atoms with van der Waals surface area (Å²) < 4.78 is 4.63. The van der Waals surface area contributed by atoms with Crippen molar-refractivity contribution in [2.45, 2.75) is 135 Å². The minimum absolute atomic E-state index is 0.0961. The first kappa shape index (κ1) is 26.2. The Hall–Kier alpha value is -0.790. The van der Waals surface area contributed by atoms with Gasteiger partial charge in [0.2, 0.25) is 0 Å². The number of carbonyl (C=O) groups is 1. The van der Waals surface area contributed by atoms with Crippen LogP contribution in [-0.2, 0) is 9.53 Å². The number of methoxy groups -OCH3 is 1. The van der Waals surface area contributed by atoms with Crippen LogP contribution in [0, 0.1) is 0 Å². The third-order valence-electron chi connectivity index (χ3n) is 5.37. The Kier molecular flexibility index (Phi) is 22.6. The Morgan fingerprint density at radius 1 is 0.593 bits per heavy atom. The second kappa shape index (κ2) is 23.2. The molecule has 0 aliphatic heterocycles. The number of hydrogen-bond donors (Lipinski definition) is 0. The van der Waals surface area contributed by atoms with Gasteiger partial charge >= 0.3 is 5.97 Å². The Morgan fingerprint density at radius 3 is 1.37 bits per heavy atom. The van der Waals surface area contributed by atoms with Crippen molar-refractivity contribution in [1.29, 1.82) is 0 Å². The molecule has 2 heteroatoms. The Morgan fingerprint density at radius 2 is 0.963 bits per heavy atom. The molecule has 0 bridgehead atoms. The first-order valence-corrected chi connectivity index (χ1v) is 12.0. The van der Waals surface area contributed by atoms with Crippen molar-refractivity contribution in [2.75, 3.05) is 7.11 Å². The predicted octanol–water partition coefficient (Wildman–Crippen LogP) is 8.54. The van der Waals surface area contributed by atoms with Gasteiger partial charge in [0.25, 0.3) is 0 Å². The highest BCUT2D eigenvalue weighted by Gasteiger charge is 1.97. The zero-order valence-electron chi connectivity index (χ0n) is 18.6. The maximum absolute atomic E-state index is 11.0. The smallest absolute Gasteiger partial charge is 0.305 e. The molecule has 0 saturated carbocycles. The summed E-state index contributed by atoms with van der Waals surface area (Å²) in [4.78, 5) is 11.0. The van der Waals surface area contributed by atoms with E-state index in [0.29, 0.717) is 6.42 Å². The van der Waals surface area contributed by atoms with Crippen LogP contribution in [0.3, 0.4) is 0 Å². The molecule has 0 rings (SSSR count). The molecule has 0 fully saturated rings. The normalized spacial score (nSPS) is 11.3. The van der Waals surface area contributed by atoms with Gasteiger partial charge in [0.15, 0.2) is 0 Å². The van der Waals surface area contributed by atoms with E-state index < -0.39 is 0 Å². The van der Waals surface area contributed by atoms with Crippen molar-refractivity contribution in [2.24, 2.45) is 0 Å². The summed E-state index contributed by atoms with van der Waals surface area (Å²) in [5.74, 6) is -0.0961. The van der Waals surface area contributed by atoms with E-state index in [4.69, 9.17) is 0 Å². The molecule has 0 aliphatic rings. The van der Waals surface area contributed by atoms with E-state index in [0.717, 1.165) is 12.8 Å². The molecule has 0 aromatic heterocycles. The van der Waals surface area contributed by atoms with E-state index in [1.165, 1.54) is 116 Å². The summed E-state index contributed by atoms with van der Waals surface area (Å²) in [5.41, 5.74) is 0. The lowest BCUT2D eigenvalue weighted by Gasteiger charge is -2.03. The van der Waals surface area contributed by atoms with E-state index in [1.807, 2.05) is 0 Å². The van der Waals surface area contributed by atoms with Crippen molar-refractivity contribution in [1.82, 2.24) is 0 Å². The van der Waals surface area contributed by atoms with Crippen LogP contribution in [0.15, 0.2) is 12.2 Å². The highest BCUT2D eigenvalue weighted by atomic mass is 16.5. The van der Waals surface area contributed by atoms with Crippen LogP contribution < -0.4 is 0 Å². The lowest BCUT2D eigenvalue weighted by atomic mass is 10.0. The number of allylic oxidation sites excluding steroid dienone is 2. The van der Waals surface area contributed by atoms with Crippen LogP contribution in [0.5, 0.6) is 0 Å².